The van der Waals surface area contributed by atoms with Crippen molar-refractivity contribution < 1.29 is 31.6 Å². The van der Waals surface area contributed by atoms with Gasteiger partial charge in [-0.15, -0.1) is 11.3 Å². The van der Waals surface area contributed by atoms with E-state index in [1.54, 1.807) is 30.9 Å². The van der Waals surface area contributed by atoms with Crippen LogP contribution in [-0.4, -0.2) is 128 Å². The molecule has 2 aliphatic heterocycles. The molecule has 2 N–H and O–H groups in total. The number of hydrogen-bond acceptors (Lipinski definition) is 10. The van der Waals surface area contributed by atoms with Crippen LogP contribution >= 0.6 is 11.3 Å². The fourth-order valence-electron chi connectivity index (χ4n) is 9.74. The highest BCUT2D eigenvalue weighted by Gasteiger charge is 2.42. The molecule has 0 unspecified atom stereocenters. The second-order valence-electron chi connectivity index (χ2n) is 19.7. The van der Waals surface area contributed by atoms with Crippen LogP contribution in [0.25, 0.3) is 33.4 Å². The van der Waals surface area contributed by atoms with Crippen LogP contribution in [0, 0.1) is 11.3 Å². The lowest BCUT2D eigenvalue weighted by atomic mass is 9.84. The number of carbonyl (C=O) groups is 5. The number of urea groups is 1. The van der Waals surface area contributed by atoms with Gasteiger partial charge in [0.25, 0.3) is 5.91 Å². The molecule has 1 saturated heterocycles. The lowest BCUT2D eigenvalue weighted by Gasteiger charge is -2.46. The number of aryl methyl sites for hydroxylation is 1. The maximum Gasteiger partial charge on any atom is 0.324 e. The summed E-state index contributed by atoms with van der Waals surface area (Å²) < 4.78 is 8.48. The molecule has 0 spiro atoms. The van der Waals surface area contributed by atoms with Crippen molar-refractivity contribution in [1.29, 1.82) is 0 Å². The van der Waals surface area contributed by atoms with Crippen molar-refractivity contribution in [2.75, 3.05) is 34.3 Å². The summed E-state index contributed by atoms with van der Waals surface area (Å²) in [5.74, 6) is -1.45. The summed E-state index contributed by atoms with van der Waals surface area (Å²) in [6.45, 7) is 17.2. The standard InChI is InChI=1S/C49H67N9O6S.2H2/c1-12-57-40-18-17-31-21-35(40)36(44(57)34-15-13-19-50-42(34)28(2)3)25-49(7,8)27-64-47(62)37-16-14-20-58(53-37)46(61)38(24-41-51-39(31)26-65-41)52-45(60)43(29(4)5)56(11)48(63)55(10)33-22-32(23-33)54(9)30(6)59;;/h13,15,17-19,21,26,28-29,32-33,37-38,43,53H,12,14,16,20,22-25,27H2,1-11H3,(H,52,60);2*1H/t32?,33?,37-,38-,43-;;/m0../s1. The SMILES string of the molecule is CCn1c(-c2cccnc2C(C)C)c2c3cc(ccc31)-c1csc(n1)C[C@H](NC(=O)[C@H](C(C)C)N(C)C(=O)N(C)C1CC(N(C)C(C)=O)C1)C(=O)N1CCC[C@H](N1)C(=O)OCC(C)(C)C2.[HH].[HH]. The van der Waals surface area contributed by atoms with Crippen LogP contribution in [0.15, 0.2) is 41.9 Å². The van der Waals surface area contributed by atoms with Gasteiger partial charge in [-0.25, -0.2) is 15.2 Å². The van der Waals surface area contributed by atoms with Crippen molar-refractivity contribution in [1.82, 2.24) is 45.0 Å². The van der Waals surface area contributed by atoms with E-state index in [-0.39, 0.29) is 51.7 Å². The van der Waals surface area contributed by atoms with Crippen LogP contribution in [0.4, 0.5) is 4.79 Å². The van der Waals surface area contributed by atoms with Crippen molar-refractivity contribution in [3.8, 4) is 22.5 Å². The fourth-order valence-corrected chi connectivity index (χ4v) is 10.6. The minimum absolute atomic E-state index is 0. The van der Waals surface area contributed by atoms with Gasteiger partial charge in [-0.1, -0.05) is 47.6 Å². The number of fused-ring (bicyclic) bond motifs is 6. The largest absolute Gasteiger partial charge is 0.464 e. The Kier molecular flexibility index (Phi) is 14.1. The van der Waals surface area contributed by atoms with Crippen molar-refractivity contribution in [2.45, 2.75) is 137 Å². The van der Waals surface area contributed by atoms with Gasteiger partial charge in [0.15, 0.2) is 0 Å². The summed E-state index contributed by atoms with van der Waals surface area (Å²) in [5.41, 5.74) is 9.81. The number of hydrogen-bond donors (Lipinski definition) is 2. The zero-order chi connectivity index (χ0) is 47.1. The van der Waals surface area contributed by atoms with Gasteiger partial charge in [-0.05, 0) is 80.7 Å². The van der Waals surface area contributed by atoms with Gasteiger partial charge < -0.3 is 29.3 Å². The number of thiazole rings is 1. The van der Waals surface area contributed by atoms with Crippen molar-refractivity contribution in [3.63, 3.8) is 0 Å². The number of esters is 1. The van der Waals surface area contributed by atoms with Gasteiger partial charge in [0.1, 0.15) is 18.1 Å². The topological polar surface area (TPSA) is 162 Å². The van der Waals surface area contributed by atoms with E-state index in [0.29, 0.717) is 43.7 Å². The summed E-state index contributed by atoms with van der Waals surface area (Å²) in [6.07, 6.45) is 4.90. The minimum atomic E-state index is -1.07. The molecule has 354 valence electrons. The van der Waals surface area contributed by atoms with Gasteiger partial charge in [-0.2, -0.15) is 0 Å². The molecule has 65 heavy (non-hydrogen) atoms. The highest BCUT2D eigenvalue weighted by Crippen LogP contribution is 2.42. The molecule has 6 bridgehead atoms. The molecule has 16 heteroatoms. The Morgan fingerprint density at radius 3 is 2.46 bits per heavy atom. The lowest BCUT2D eigenvalue weighted by Crippen LogP contribution is -2.63. The number of hydrazine groups is 1. The zero-order valence-corrected chi connectivity index (χ0v) is 40.8. The first-order chi connectivity index (χ1) is 30.8. The lowest BCUT2D eigenvalue weighted by molar-refractivity contribution is -0.155. The molecule has 3 atom stereocenters. The number of carbonyl (C=O) groups excluding carboxylic acids is 5. The smallest absolute Gasteiger partial charge is 0.324 e. The van der Waals surface area contributed by atoms with E-state index < -0.39 is 41.3 Å². The molecule has 5 amide bonds. The third-order valence-electron chi connectivity index (χ3n) is 13.6. The molecule has 5 heterocycles. The van der Waals surface area contributed by atoms with Crippen LogP contribution in [-0.2, 0) is 43.3 Å². The average molecular weight is 914 g/mol. The molecule has 3 aromatic heterocycles. The third-order valence-corrected chi connectivity index (χ3v) is 14.4. The number of likely N-dealkylation sites (N-methyl/N-ethyl adjacent to an activating group) is 1. The van der Waals surface area contributed by atoms with Gasteiger partial charge in [-0.3, -0.25) is 29.2 Å². The Morgan fingerprint density at radius 1 is 1.06 bits per heavy atom. The van der Waals surface area contributed by atoms with Gasteiger partial charge in [0.05, 0.1) is 28.7 Å². The number of benzene rings is 1. The van der Waals surface area contributed by atoms with Gasteiger partial charge in [0.2, 0.25) is 11.8 Å². The number of pyridine rings is 1. The molecule has 4 aromatic rings. The Labute approximate surface area is 390 Å². The van der Waals surface area contributed by atoms with Crippen LogP contribution < -0.4 is 10.7 Å². The van der Waals surface area contributed by atoms with Crippen molar-refractivity contribution >= 4 is 52.0 Å². The van der Waals surface area contributed by atoms with E-state index in [0.717, 1.165) is 51.2 Å². The molecule has 1 aromatic carbocycles. The maximum atomic E-state index is 14.6. The Morgan fingerprint density at radius 2 is 1.78 bits per heavy atom. The van der Waals surface area contributed by atoms with E-state index >= 15 is 0 Å². The molecule has 1 saturated carbocycles. The number of amides is 5. The number of cyclic esters (lactones) is 1. The van der Waals surface area contributed by atoms with E-state index in [9.17, 15) is 24.0 Å². The summed E-state index contributed by atoms with van der Waals surface area (Å²) in [7, 11) is 5.11. The number of aromatic nitrogens is 3. The molecule has 7 rings (SSSR count). The van der Waals surface area contributed by atoms with Crippen LogP contribution in [0.5, 0.6) is 0 Å². The predicted molar refractivity (Wildman–Crippen MR) is 257 cm³/mol. The third kappa shape index (κ3) is 9.79. The summed E-state index contributed by atoms with van der Waals surface area (Å²) in [4.78, 5) is 83.6. The van der Waals surface area contributed by atoms with Gasteiger partial charge in [0, 0.05) is 102 Å². The Hall–Kier alpha value is -5.35. The first-order valence-corrected chi connectivity index (χ1v) is 24.0. The molecular weight excluding hydrogens is 843 g/mol. The Bertz CT molecular complexity index is 2450. The molecule has 2 fully saturated rings. The van der Waals surface area contributed by atoms with Crippen LogP contribution in [0.2, 0.25) is 0 Å². The van der Waals surface area contributed by atoms with E-state index in [4.69, 9.17) is 14.7 Å². The number of rotatable bonds is 9. The van der Waals surface area contributed by atoms with Crippen LogP contribution in [0.1, 0.15) is 106 Å². The quantitative estimate of drug-likeness (QED) is 0.167. The first kappa shape index (κ1) is 47.6. The van der Waals surface area contributed by atoms with Crippen LogP contribution in [0.3, 0.4) is 0 Å². The maximum absolute atomic E-state index is 14.6. The molecule has 15 nitrogen and oxygen atoms in total. The van der Waals surface area contributed by atoms with E-state index in [1.165, 1.54) is 28.2 Å². The monoisotopic (exact) mass is 914 g/mol. The fraction of sp³-hybridized carbons (Fsp3) is 0.571. The normalized spacial score (nSPS) is 21.6. The highest BCUT2D eigenvalue weighted by atomic mass is 32.1. The average Bonchev–Trinajstić information content (AvgIpc) is 3.85. The predicted octanol–water partition coefficient (Wildman–Crippen LogP) is 7.13. The van der Waals surface area contributed by atoms with E-state index in [1.807, 2.05) is 31.5 Å². The minimum Gasteiger partial charge on any atom is -0.464 e. The molecular formula is C49H71N9O6S. The Balaban J connectivity index is 0.00000420. The van der Waals surface area contributed by atoms with Crippen molar-refractivity contribution in [3.05, 3.63) is 58.2 Å². The summed E-state index contributed by atoms with van der Waals surface area (Å²) in [6, 6.07) is 7.50. The van der Waals surface area contributed by atoms with Gasteiger partial charge >= 0.3 is 12.0 Å². The molecule has 1 aliphatic carbocycles. The van der Waals surface area contributed by atoms with Crippen molar-refractivity contribution in [2.24, 2.45) is 11.3 Å². The second kappa shape index (κ2) is 19.2. The molecule has 3 aliphatic rings. The first-order valence-electron chi connectivity index (χ1n) is 23.1. The van der Waals surface area contributed by atoms with E-state index in [2.05, 4.69) is 74.2 Å². The number of nitrogens with zero attached hydrogens (tertiary/aromatic N) is 7. The number of nitrogens with one attached hydrogen (secondary N) is 2. The highest BCUT2D eigenvalue weighted by molar-refractivity contribution is 7.10. The number of ether oxygens (including phenoxy) is 1. The zero-order valence-electron chi connectivity index (χ0n) is 39.9. The summed E-state index contributed by atoms with van der Waals surface area (Å²) >= 11 is 1.42. The summed E-state index contributed by atoms with van der Waals surface area (Å²) in [5, 5.41) is 8.20. The second-order valence-corrected chi connectivity index (χ2v) is 20.6. The molecule has 0 radical (unpaired) electrons.